The molecule has 1 saturated heterocycles. The Morgan fingerprint density at radius 2 is 2.10 bits per heavy atom. The zero-order valence-electron chi connectivity index (χ0n) is 17.2. The maximum atomic E-state index is 14.1. The number of nitrogens with zero attached hydrogens (tertiary/aromatic N) is 2. The fraction of sp³-hybridized carbons (Fsp3) is 0.318. The van der Waals surface area contributed by atoms with Crippen molar-refractivity contribution in [1.29, 1.82) is 0 Å². The number of aromatic nitrogens is 2. The predicted octanol–water partition coefficient (Wildman–Crippen LogP) is 2.54. The van der Waals surface area contributed by atoms with E-state index in [1.165, 1.54) is 6.08 Å². The third kappa shape index (κ3) is 4.27. The molecule has 1 unspecified atom stereocenters. The van der Waals surface area contributed by atoms with Gasteiger partial charge in [0.15, 0.2) is 5.44 Å². The van der Waals surface area contributed by atoms with Crippen LogP contribution in [0.25, 0.3) is 22.2 Å². The average molecular weight is 445 g/mol. The Hall–Kier alpha value is -2.59. The van der Waals surface area contributed by atoms with Crippen molar-refractivity contribution in [2.75, 3.05) is 26.2 Å². The molecule has 0 radical (unpaired) electrons. The monoisotopic (exact) mass is 444 g/mol. The second-order valence-electron chi connectivity index (χ2n) is 7.38. The lowest BCUT2D eigenvalue weighted by Gasteiger charge is -2.23. The third-order valence-corrected chi connectivity index (χ3v) is 7.28. The van der Waals surface area contributed by atoms with Gasteiger partial charge in [0.1, 0.15) is 11.7 Å². The third-order valence-electron chi connectivity index (χ3n) is 5.35. The molecule has 0 aliphatic carbocycles. The van der Waals surface area contributed by atoms with Crippen molar-refractivity contribution in [1.82, 2.24) is 14.9 Å². The van der Waals surface area contributed by atoms with E-state index in [4.69, 9.17) is 10.5 Å². The van der Waals surface area contributed by atoms with Gasteiger partial charge < -0.3 is 20.4 Å². The molecule has 1 fully saturated rings. The quantitative estimate of drug-likeness (QED) is 0.606. The Kier molecular flexibility index (Phi) is 6.19. The molecule has 0 amide bonds. The Morgan fingerprint density at radius 3 is 2.77 bits per heavy atom. The first kappa shape index (κ1) is 21.6. The number of morpholine rings is 1. The average Bonchev–Trinajstić information content (AvgIpc) is 3.10. The van der Waals surface area contributed by atoms with Gasteiger partial charge in [-0.05, 0) is 36.8 Å². The van der Waals surface area contributed by atoms with Crippen molar-refractivity contribution in [3.63, 3.8) is 0 Å². The summed E-state index contributed by atoms with van der Waals surface area (Å²) in [6.07, 6.45) is 1.35. The summed E-state index contributed by atoms with van der Waals surface area (Å²) in [4.78, 5) is 4.85. The fourth-order valence-electron chi connectivity index (χ4n) is 3.76. The molecule has 2 heterocycles. The Morgan fingerprint density at radius 1 is 1.32 bits per heavy atom. The molecule has 9 heteroatoms. The molecule has 0 bridgehead atoms. The smallest absolute Gasteiger partial charge is 0.206 e. The highest BCUT2D eigenvalue weighted by molar-refractivity contribution is 7.92. The molecular weight excluding hydrogens is 419 g/mol. The van der Waals surface area contributed by atoms with Gasteiger partial charge in [0, 0.05) is 25.2 Å². The lowest BCUT2D eigenvalue weighted by Crippen LogP contribution is -2.42. The largest absolute Gasteiger partial charge is 0.359 e. The number of para-hydroxylation sites is 1. The van der Waals surface area contributed by atoms with Gasteiger partial charge >= 0.3 is 0 Å². The number of benzene rings is 2. The molecule has 2 aromatic carbocycles. The fourth-order valence-corrected chi connectivity index (χ4v) is 5.19. The van der Waals surface area contributed by atoms with Crippen LogP contribution in [0.15, 0.2) is 59.3 Å². The van der Waals surface area contributed by atoms with Gasteiger partial charge in [-0.1, -0.05) is 24.3 Å². The van der Waals surface area contributed by atoms with E-state index in [9.17, 15) is 12.8 Å². The van der Waals surface area contributed by atoms with Crippen LogP contribution in [0.2, 0.25) is 0 Å². The van der Waals surface area contributed by atoms with E-state index in [2.05, 4.69) is 10.3 Å². The van der Waals surface area contributed by atoms with Gasteiger partial charge in [0.2, 0.25) is 9.84 Å². The number of ether oxygens (including phenoxy) is 1. The molecule has 1 aromatic heterocycles. The molecule has 1 aliphatic rings. The van der Waals surface area contributed by atoms with E-state index < -0.39 is 15.3 Å². The Bertz CT molecular complexity index is 1210. The van der Waals surface area contributed by atoms with Crippen LogP contribution in [0, 0.1) is 6.92 Å². The zero-order chi connectivity index (χ0) is 22.0. The molecule has 1 aliphatic heterocycles. The van der Waals surface area contributed by atoms with Crippen molar-refractivity contribution in [3.05, 3.63) is 60.2 Å². The van der Waals surface area contributed by atoms with Gasteiger partial charge in [-0.25, -0.2) is 17.8 Å². The summed E-state index contributed by atoms with van der Waals surface area (Å²) in [6, 6.07) is 12.4. The summed E-state index contributed by atoms with van der Waals surface area (Å²) in [5.41, 5.74) is 7.73. The number of allylic oxidation sites excluding steroid dienone is 1. The molecule has 1 atom stereocenters. The van der Waals surface area contributed by atoms with Crippen molar-refractivity contribution >= 4 is 20.9 Å². The SMILES string of the molecule is Cc1nc2c(-c3ccc(S(=O)(=O)C4CNCCO4)cc3)cccc2n1C/C(F)=C/CN. The maximum Gasteiger partial charge on any atom is 0.206 e. The van der Waals surface area contributed by atoms with Gasteiger partial charge in [-0.2, -0.15) is 0 Å². The zero-order valence-corrected chi connectivity index (χ0v) is 18.0. The first-order valence-corrected chi connectivity index (χ1v) is 11.6. The van der Waals surface area contributed by atoms with E-state index in [-0.39, 0.29) is 30.4 Å². The van der Waals surface area contributed by atoms with Crippen LogP contribution in [0.4, 0.5) is 4.39 Å². The summed E-state index contributed by atoms with van der Waals surface area (Å²) in [5, 5.41) is 3.04. The van der Waals surface area contributed by atoms with Crippen LogP contribution in [0.1, 0.15) is 5.82 Å². The number of nitrogens with two attached hydrogens (primary N) is 1. The second-order valence-corrected chi connectivity index (χ2v) is 9.47. The number of aryl methyl sites for hydroxylation is 1. The number of nitrogens with one attached hydrogen (secondary N) is 1. The first-order chi connectivity index (χ1) is 14.9. The summed E-state index contributed by atoms with van der Waals surface area (Å²) < 4.78 is 46.9. The molecule has 7 nitrogen and oxygen atoms in total. The molecule has 3 N–H and O–H groups in total. The van der Waals surface area contributed by atoms with Crippen molar-refractivity contribution in [3.8, 4) is 11.1 Å². The topological polar surface area (TPSA) is 99.2 Å². The number of hydrogen-bond acceptors (Lipinski definition) is 6. The molecule has 4 rings (SSSR count). The lowest BCUT2D eigenvalue weighted by atomic mass is 10.0. The molecule has 164 valence electrons. The summed E-state index contributed by atoms with van der Waals surface area (Å²) >= 11 is 0. The number of rotatable bonds is 6. The Labute approximate surface area is 180 Å². The molecule has 0 saturated carbocycles. The number of hydrogen-bond donors (Lipinski definition) is 2. The highest BCUT2D eigenvalue weighted by Gasteiger charge is 2.30. The lowest BCUT2D eigenvalue weighted by molar-refractivity contribution is 0.0785. The molecule has 0 spiro atoms. The minimum Gasteiger partial charge on any atom is -0.359 e. The van der Waals surface area contributed by atoms with Crippen molar-refractivity contribution < 1.29 is 17.5 Å². The van der Waals surface area contributed by atoms with Crippen LogP contribution in [0.3, 0.4) is 0 Å². The highest BCUT2D eigenvalue weighted by atomic mass is 32.2. The van der Waals surface area contributed by atoms with Gasteiger partial charge in [-0.15, -0.1) is 0 Å². The van der Waals surface area contributed by atoms with E-state index in [1.54, 1.807) is 28.8 Å². The van der Waals surface area contributed by atoms with Crippen LogP contribution in [-0.2, 0) is 21.1 Å². The maximum absolute atomic E-state index is 14.1. The van der Waals surface area contributed by atoms with Crippen molar-refractivity contribution in [2.45, 2.75) is 23.8 Å². The van der Waals surface area contributed by atoms with E-state index >= 15 is 0 Å². The minimum absolute atomic E-state index is 0.0651. The van der Waals surface area contributed by atoms with Crippen LogP contribution in [0.5, 0.6) is 0 Å². The number of imidazole rings is 1. The summed E-state index contributed by atoms with van der Waals surface area (Å²) in [5.74, 6) is 0.369. The summed E-state index contributed by atoms with van der Waals surface area (Å²) in [6.45, 7) is 3.32. The minimum atomic E-state index is -3.59. The number of fused-ring (bicyclic) bond motifs is 1. The molecule has 3 aromatic rings. The van der Waals surface area contributed by atoms with Gasteiger partial charge in [0.25, 0.3) is 0 Å². The number of halogens is 1. The Balaban J connectivity index is 1.69. The van der Waals surface area contributed by atoms with Crippen LogP contribution >= 0.6 is 0 Å². The van der Waals surface area contributed by atoms with E-state index in [0.29, 0.717) is 19.0 Å². The van der Waals surface area contributed by atoms with Gasteiger partial charge in [-0.3, -0.25) is 0 Å². The predicted molar refractivity (Wildman–Crippen MR) is 118 cm³/mol. The first-order valence-electron chi connectivity index (χ1n) is 10.1. The summed E-state index contributed by atoms with van der Waals surface area (Å²) in [7, 11) is -3.59. The van der Waals surface area contributed by atoms with E-state index in [0.717, 1.165) is 22.2 Å². The normalized spacial score (nSPS) is 17.9. The highest BCUT2D eigenvalue weighted by Crippen LogP contribution is 2.30. The second kappa shape index (κ2) is 8.88. The van der Waals surface area contributed by atoms with Crippen molar-refractivity contribution in [2.24, 2.45) is 5.73 Å². The van der Waals surface area contributed by atoms with Crippen LogP contribution in [-0.4, -0.2) is 49.6 Å². The van der Waals surface area contributed by atoms with E-state index in [1.807, 2.05) is 25.1 Å². The molecular formula is C22H25FN4O3S. The number of sulfone groups is 1. The van der Waals surface area contributed by atoms with Crippen LogP contribution < -0.4 is 11.1 Å². The standard InChI is InChI=1S/C22H25FN4O3S/c1-15-26-22-19(3-2-4-20(22)27(15)14-17(23)9-10-24)16-5-7-18(8-6-16)31(28,29)21-13-25-11-12-30-21/h2-9,21,25H,10-14,24H2,1H3/b17-9-. The van der Waals surface area contributed by atoms with Gasteiger partial charge in [0.05, 0.1) is 29.1 Å². The molecule has 31 heavy (non-hydrogen) atoms.